The van der Waals surface area contributed by atoms with Crippen molar-refractivity contribution in [1.29, 1.82) is 0 Å². The fourth-order valence-electron chi connectivity index (χ4n) is 2.14. The van der Waals surface area contributed by atoms with Crippen LogP contribution in [0.3, 0.4) is 0 Å². The molecule has 0 unspecified atom stereocenters. The maximum Gasteiger partial charge on any atom is 0.148 e. The Morgan fingerprint density at radius 1 is 1.00 bits per heavy atom. The molecule has 106 valence electrons. The normalized spacial score (nSPS) is 10.8. The van der Waals surface area contributed by atoms with E-state index >= 15 is 0 Å². The molecule has 1 heterocycles. The number of para-hydroxylation sites is 1. The van der Waals surface area contributed by atoms with Crippen LogP contribution in [0.25, 0.3) is 10.9 Å². The van der Waals surface area contributed by atoms with Crippen molar-refractivity contribution >= 4 is 48.5 Å². The molecule has 0 atom stereocenters. The van der Waals surface area contributed by atoms with E-state index in [1.807, 2.05) is 42.5 Å². The number of benzene rings is 2. The molecule has 21 heavy (non-hydrogen) atoms. The summed E-state index contributed by atoms with van der Waals surface area (Å²) in [6, 6.07) is 13.5. The molecular formula is C16H12Br2N2O. The van der Waals surface area contributed by atoms with Gasteiger partial charge in [0.15, 0.2) is 0 Å². The Morgan fingerprint density at radius 3 is 2.52 bits per heavy atom. The number of anilines is 1. The molecule has 0 amide bonds. The monoisotopic (exact) mass is 406 g/mol. The Morgan fingerprint density at radius 2 is 1.76 bits per heavy atom. The Hall–Kier alpha value is -1.59. The van der Waals surface area contributed by atoms with Crippen LogP contribution in [0, 0.1) is 0 Å². The number of rotatable bonds is 3. The molecule has 2 N–H and O–H groups in total. The van der Waals surface area contributed by atoms with Gasteiger partial charge in [0.25, 0.3) is 0 Å². The van der Waals surface area contributed by atoms with E-state index in [0.717, 1.165) is 36.8 Å². The second-order valence-corrected chi connectivity index (χ2v) is 6.26. The summed E-state index contributed by atoms with van der Waals surface area (Å²) in [5.41, 5.74) is 8.59. The second kappa shape index (κ2) is 6.03. The number of nitrogens with two attached hydrogens (primary N) is 1. The molecule has 5 heteroatoms. The molecule has 0 aliphatic rings. The van der Waals surface area contributed by atoms with Crippen LogP contribution in [-0.2, 0) is 6.61 Å². The molecule has 0 saturated heterocycles. The highest BCUT2D eigenvalue weighted by molar-refractivity contribution is 9.11. The van der Waals surface area contributed by atoms with E-state index in [0.29, 0.717) is 6.61 Å². The van der Waals surface area contributed by atoms with Crippen LogP contribution in [0.4, 0.5) is 5.69 Å². The second-order valence-electron chi connectivity index (χ2n) is 4.55. The summed E-state index contributed by atoms with van der Waals surface area (Å²) in [6.07, 6.45) is 1.76. The van der Waals surface area contributed by atoms with Gasteiger partial charge < -0.3 is 10.5 Å². The third kappa shape index (κ3) is 2.89. The molecule has 0 aliphatic carbocycles. The third-order valence-electron chi connectivity index (χ3n) is 3.18. The van der Waals surface area contributed by atoms with E-state index in [1.165, 1.54) is 0 Å². The molecule has 0 radical (unpaired) electrons. The van der Waals surface area contributed by atoms with Crippen LogP contribution < -0.4 is 10.5 Å². The van der Waals surface area contributed by atoms with Crippen molar-refractivity contribution in [1.82, 2.24) is 4.98 Å². The zero-order valence-corrected chi connectivity index (χ0v) is 14.2. The van der Waals surface area contributed by atoms with E-state index in [1.54, 1.807) is 6.20 Å². The lowest BCUT2D eigenvalue weighted by molar-refractivity contribution is 0.303. The molecule has 0 fully saturated rings. The van der Waals surface area contributed by atoms with Crippen molar-refractivity contribution in [3.8, 4) is 5.75 Å². The van der Waals surface area contributed by atoms with E-state index in [4.69, 9.17) is 10.5 Å². The molecule has 0 spiro atoms. The topological polar surface area (TPSA) is 48.1 Å². The largest absolute Gasteiger partial charge is 0.486 e. The molecule has 3 rings (SSSR count). The number of nitrogen functional groups attached to an aromatic ring is 1. The zero-order valence-electron chi connectivity index (χ0n) is 11.0. The van der Waals surface area contributed by atoms with Gasteiger partial charge in [0, 0.05) is 22.8 Å². The predicted molar refractivity (Wildman–Crippen MR) is 92.3 cm³/mol. The van der Waals surface area contributed by atoms with Crippen LogP contribution in [-0.4, -0.2) is 4.98 Å². The number of aromatic nitrogens is 1. The Labute approximate surface area is 139 Å². The first-order chi connectivity index (χ1) is 10.2. The minimum atomic E-state index is 0.426. The van der Waals surface area contributed by atoms with Gasteiger partial charge in [-0.3, -0.25) is 4.98 Å². The minimum Gasteiger partial charge on any atom is -0.486 e. The van der Waals surface area contributed by atoms with Gasteiger partial charge in [-0.15, -0.1) is 0 Å². The van der Waals surface area contributed by atoms with Gasteiger partial charge >= 0.3 is 0 Å². The molecule has 2 aromatic carbocycles. The Bertz CT molecular complexity index is 785. The van der Waals surface area contributed by atoms with Gasteiger partial charge in [0.2, 0.25) is 0 Å². The van der Waals surface area contributed by atoms with Gasteiger partial charge in [-0.25, -0.2) is 0 Å². The fourth-order valence-corrected chi connectivity index (χ4v) is 3.37. The van der Waals surface area contributed by atoms with Crippen LogP contribution in [0.1, 0.15) is 5.56 Å². The lowest BCUT2D eigenvalue weighted by Gasteiger charge is -2.12. The number of ether oxygens (including phenoxy) is 1. The van der Waals surface area contributed by atoms with Gasteiger partial charge in [-0.2, -0.15) is 0 Å². The van der Waals surface area contributed by atoms with Gasteiger partial charge in [-0.05, 0) is 62.2 Å². The van der Waals surface area contributed by atoms with Gasteiger partial charge in [-0.1, -0.05) is 12.1 Å². The number of hydrogen-bond acceptors (Lipinski definition) is 3. The van der Waals surface area contributed by atoms with Crippen molar-refractivity contribution in [2.24, 2.45) is 0 Å². The summed E-state index contributed by atoms with van der Waals surface area (Å²) in [7, 11) is 0. The van der Waals surface area contributed by atoms with Crippen molar-refractivity contribution in [2.75, 3.05) is 5.73 Å². The number of fused-ring (bicyclic) bond motifs is 1. The van der Waals surface area contributed by atoms with Crippen molar-refractivity contribution in [3.05, 3.63) is 63.2 Å². The number of nitrogens with zero attached hydrogens (tertiary/aromatic N) is 1. The minimum absolute atomic E-state index is 0.426. The smallest absolute Gasteiger partial charge is 0.148 e. The summed E-state index contributed by atoms with van der Waals surface area (Å²) >= 11 is 6.98. The standard InChI is InChI=1S/C16H12Br2N2O/c17-12-4-1-5-13(18)16(12)21-9-10-6-7-14(19)11-3-2-8-20-15(10)11/h1-8H,9,19H2. The molecule has 1 aromatic heterocycles. The number of halogens is 2. The maximum atomic E-state index is 5.98. The molecule has 3 aromatic rings. The predicted octanol–water partition coefficient (Wildman–Crippen LogP) is 4.92. The van der Waals surface area contributed by atoms with E-state index in [-0.39, 0.29) is 0 Å². The van der Waals surface area contributed by atoms with Crippen LogP contribution in [0.15, 0.2) is 57.6 Å². The van der Waals surface area contributed by atoms with Crippen LogP contribution >= 0.6 is 31.9 Å². The molecule has 0 aliphatic heterocycles. The summed E-state index contributed by atoms with van der Waals surface area (Å²) in [4.78, 5) is 4.42. The van der Waals surface area contributed by atoms with Crippen LogP contribution in [0.2, 0.25) is 0 Å². The first kappa shape index (κ1) is 14.4. The number of pyridine rings is 1. The SMILES string of the molecule is Nc1ccc(COc2c(Br)cccc2Br)c2ncccc12. The highest BCUT2D eigenvalue weighted by Crippen LogP contribution is 2.34. The lowest BCUT2D eigenvalue weighted by Crippen LogP contribution is -2.00. The maximum absolute atomic E-state index is 5.98. The summed E-state index contributed by atoms with van der Waals surface area (Å²) in [6.45, 7) is 0.426. The van der Waals surface area contributed by atoms with Gasteiger partial charge in [0.1, 0.15) is 12.4 Å². The molecule has 3 nitrogen and oxygen atoms in total. The number of hydrogen-bond donors (Lipinski definition) is 1. The van der Waals surface area contributed by atoms with E-state index in [9.17, 15) is 0 Å². The average molecular weight is 408 g/mol. The molecular weight excluding hydrogens is 396 g/mol. The van der Waals surface area contributed by atoms with Crippen molar-refractivity contribution < 1.29 is 4.74 Å². The Balaban J connectivity index is 1.94. The van der Waals surface area contributed by atoms with Gasteiger partial charge in [0.05, 0.1) is 14.5 Å². The summed E-state index contributed by atoms with van der Waals surface area (Å²) in [5, 5.41) is 0.949. The summed E-state index contributed by atoms with van der Waals surface area (Å²) < 4.78 is 7.74. The zero-order chi connectivity index (χ0) is 14.8. The van der Waals surface area contributed by atoms with E-state index in [2.05, 4.69) is 36.8 Å². The first-order valence-electron chi connectivity index (χ1n) is 6.35. The lowest BCUT2D eigenvalue weighted by atomic mass is 10.1. The summed E-state index contributed by atoms with van der Waals surface area (Å²) in [5.74, 6) is 0.776. The fraction of sp³-hybridized carbons (Fsp3) is 0.0625. The van der Waals surface area contributed by atoms with E-state index < -0.39 is 0 Å². The Kier molecular flexibility index (Phi) is 4.12. The highest BCUT2D eigenvalue weighted by Gasteiger charge is 2.09. The van der Waals surface area contributed by atoms with Crippen molar-refractivity contribution in [3.63, 3.8) is 0 Å². The third-order valence-corrected chi connectivity index (χ3v) is 4.43. The average Bonchev–Trinajstić information content (AvgIpc) is 2.49. The van der Waals surface area contributed by atoms with Crippen LogP contribution in [0.5, 0.6) is 5.75 Å². The quantitative estimate of drug-likeness (QED) is 0.626. The molecule has 0 saturated carbocycles. The molecule has 0 bridgehead atoms. The first-order valence-corrected chi connectivity index (χ1v) is 7.94. The highest BCUT2D eigenvalue weighted by atomic mass is 79.9. The van der Waals surface area contributed by atoms with Crippen molar-refractivity contribution in [2.45, 2.75) is 6.61 Å².